The summed E-state index contributed by atoms with van der Waals surface area (Å²) in [6.07, 6.45) is 3.57. The highest BCUT2D eigenvalue weighted by Gasteiger charge is 2.30. The Labute approximate surface area is 128 Å². The standard InChI is InChI=1S/C16H26N2O2S/c1-13(14-6-4-3-5-7-14)12-21(19,20)18(2)16-10-8-15(17)9-11-16/h3-7,13,15-16H,8-12,17H2,1-2H3/t13-,15?,16?/m0/s1. The zero-order valence-corrected chi connectivity index (χ0v) is 13.7. The molecule has 5 heteroatoms. The zero-order chi connectivity index (χ0) is 15.5. The van der Waals surface area contributed by atoms with E-state index in [0.717, 1.165) is 31.2 Å². The van der Waals surface area contributed by atoms with Gasteiger partial charge >= 0.3 is 0 Å². The average molecular weight is 310 g/mol. The van der Waals surface area contributed by atoms with Crippen molar-refractivity contribution in [3.05, 3.63) is 35.9 Å². The lowest BCUT2D eigenvalue weighted by molar-refractivity contribution is 0.268. The Hall–Kier alpha value is -0.910. The highest BCUT2D eigenvalue weighted by atomic mass is 32.2. The van der Waals surface area contributed by atoms with Crippen LogP contribution in [-0.4, -0.2) is 37.6 Å². The summed E-state index contributed by atoms with van der Waals surface area (Å²) in [4.78, 5) is 0. The molecule has 4 nitrogen and oxygen atoms in total. The van der Waals surface area contributed by atoms with Crippen LogP contribution in [0.25, 0.3) is 0 Å². The van der Waals surface area contributed by atoms with Crippen LogP contribution < -0.4 is 5.73 Å². The minimum atomic E-state index is -3.23. The Morgan fingerprint density at radius 1 is 1.19 bits per heavy atom. The molecule has 21 heavy (non-hydrogen) atoms. The molecule has 118 valence electrons. The molecule has 0 radical (unpaired) electrons. The van der Waals surface area contributed by atoms with Crippen LogP contribution in [0.4, 0.5) is 0 Å². The average Bonchev–Trinajstić information content (AvgIpc) is 2.48. The monoisotopic (exact) mass is 310 g/mol. The molecule has 1 aromatic carbocycles. The first-order valence-electron chi connectivity index (χ1n) is 7.66. The van der Waals surface area contributed by atoms with Crippen LogP contribution in [0.15, 0.2) is 30.3 Å². The van der Waals surface area contributed by atoms with Gasteiger partial charge in [0.15, 0.2) is 0 Å². The third-order valence-corrected chi connectivity index (χ3v) is 6.62. The number of sulfonamides is 1. The second-order valence-electron chi connectivity index (χ2n) is 6.18. The molecule has 0 heterocycles. The van der Waals surface area contributed by atoms with Crippen molar-refractivity contribution in [3.8, 4) is 0 Å². The molecule has 0 spiro atoms. The molecular weight excluding hydrogens is 284 g/mol. The summed E-state index contributed by atoms with van der Waals surface area (Å²) in [6.45, 7) is 1.97. The largest absolute Gasteiger partial charge is 0.328 e. The summed E-state index contributed by atoms with van der Waals surface area (Å²) in [6, 6.07) is 10.2. The molecule has 2 rings (SSSR count). The number of hydrogen-bond donors (Lipinski definition) is 1. The lowest BCUT2D eigenvalue weighted by Gasteiger charge is -2.33. The van der Waals surface area contributed by atoms with E-state index in [9.17, 15) is 8.42 Å². The Morgan fingerprint density at radius 2 is 1.76 bits per heavy atom. The molecule has 0 bridgehead atoms. The van der Waals surface area contributed by atoms with E-state index in [2.05, 4.69) is 0 Å². The fourth-order valence-corrected chi connectivity index (χ4v) is 4.73. The van der Waals surface area contributed by atoms with Crippen molar-refractivity contribution >= 4 is 10.0 Å². The van der Waals surface area contributed by atoms with E-state index in [1.165, 1.54) is 0 Å². The topological polar surface area (TPSA) is 63.4 Å². The van der Waals surface area contributed by atoms with Gasteiger partial charge < -0.3 is 5.73 Å². The number of rotatable bonds is 5. The van der Waals surface area contributed by atoms with Gasteiger partial charge in [0, 0.05) is 19.1 Å². The summed E-state index contributed by atoms with van der Waals surface area (Å²) in [5.41, 5.74) is 6.96. The molecule has 1 aliphatic carbocycles. The van der Waals surface area contributed by atoms with E-state index >= 15 is 0 Å². The second kappa shape index (κ2) is 6.90. The molecule has 0 aromatic heterocycles. The lowest BCUT2D eigenvalue weighted by Crippen LogP contribution is -2.43. The van der Waals surface area contributed by atoms with Crippen molar-refractivity contribution in [2.75, 3.05) is 12.8 Å². The van der Waals surface area contributed by atoms with E-state index < -0.39 is 10.0 Å². The molecule has 1 aliphatic rings. The van der Waals surface area contributed by atoms with Crippen LogP contribution in [0.2, 0.25) is 0 Å². The normalized spacial score (nSPS) is 25.0. The second-order valence-corrected chi connectivity index (χ2v) is 8.25. The minimum Gasteiger partial charge on any atom is -0.328 e. The van der Waals surface area contributed by atoms with Crippen molar-refractivity contribution in [1.29, 1.82) is 0 Å². The van der Waals surface area contributed by atoms with E-state index in [1.54, 1.807) is 11.4 Å². The molecule has 1 atom stereocenters. The molecule has 2 N–H and O–H groups in total. The molecule has 1 saturated carbocycles. The van der Waals surface area contributed by atoms with Gasteiger partial charge in [0.2, 0.25) is 10.0 Å². The Bertz CT molecular complexity index is 537. The van der Waals surface area contributed by atoms with Gasteiger partial charge in [-0.15, -0.1) is 0 Å². The Balaban J connectivity index is 2.01. The fourth-order valence-electron chi connectivity index (χ4n) is 3.00. The Morgan fingerprint density at radius 3 is 2.33 bits per heavy atom. The van der Waals surface area contributed by atoms with E-state index in [1.807, 2.05) is 37.3 Å². The molecule has 0 saturated heterocycles. The van der Waals surface area contributed by atoms with Gasteiger partial charge in [-0.05, 0) is 37.2 Å². The van der Waals surface area contributed by atoms with Crippen molar-refractivity contribution < 1.29 is 8.42 Å². The predicted octanol–water partition coefficient (Wildman–Crippen LogP) is 2.32. The first-order valence-corrected chi connectivity index (χ1v) is 9.27. The van der Waals surface area contributed by atoms with Crippen LogP contribution in [0.5, 0.6) is 0 Å². The van der Waals surface area contributed by atoms with Gasteiger partial charge in [-0.2, -0.15) is 0 Å². The van der Waals surface area contributed by atoms with E-state index in [0.29, 0.717) is 0 Å². The molecule has 1 fully saturated rings. The van der Waals surface area contributed by atoms with E-state index in [-0.39, 0.29) is 23.8 Å². The Kier molecular flexibility index (Phi) is 5.41. The van der Waals surface area contributed by atoms with Crippen LogP contribution in [0, 0.1) is 0 Å². The number of nitrogens with two attached hydrogens (primary N) is 1. The third-order valence-electron chi connectivity index (χ3n) is 4.52. The van der Waals surface area contributed by atoms with Crippen molar-refractivity contribution in [2.24, 2.45) is 5.73 Å². The van der Waals surface area contributed by atoms with E-state index in [4.69, 9.17) is 5.73 Å². The maximum absolute atomic E-state index is 12.6. The van der Waals surface area contributed by atoms with Gasteiger partial charge in [0.05, 0.1) is 5.75 Å². The lowest BCUT2D eigenvalue weighted by atomic mass is 9.92. The van der Waals surface area contributed by atoms with Crippen molar-refractivity contribution in [2.45, 2.75) is 50.6 Å². The van der Waals surface area contributed by atoms with Gasteiger partial charge in [-0.1, -0.05) is 37.3 Å². The quantitative estimate of drug-likeness (QED) is 0.908. The van der Waals surface area contributed by atoms with Crippen LogP contribution in [-0.2, 0) is 10.0 Å². The molecule has 0 amide bonds. The third kappa shape index (κ3) is 4.28. The van der Waals surface area contributed by atoms with Crippen LogP contribution in [0.3, 0.4) is 0 Å². The maximum Gasteiger partial charge on any atom is 0.214 e. The summed E-state index contributed by atoms with van der Waals surface area (Å²) >= 11 is 0. The number of nitrogens with zero attached hydrogens (tertiary/aromatic N) is 1. The highest BCUT2D eigenvalue weighted by molar-refractivity contribution is 7.89. The maximum atomic E-state index is 12.6. The minimum absolute atomic E-state index is 0.00416. The zero-order valence-electron chi connectivity index (χ0n) is 12.9. The van der Waals surface area contributed by atoms with Gasteiger partial charge in [-0.25, -0.2) is 12.7 Å². The molecule has 0 unspecified atom stereocenters. The van der Waals surface area contributed by atoms with Gasteiger partial charge in [0.25, 0.3) is 0 Å². The molecular formula is C16H26N2O2S. The summed E-state index contributed by atoms with van der Waals surface area (Å²) in [5.74, 6) is 0.167. The first-order chi connectivity index (χ1) is 9.90. The SMILES string of the molecule is C[C@@H](CS(=O)(=O)N(C)C1CCC(N)CC1)c1ccccc1. The first kappa shape index (κ1) is 16.5. The fraction of sp³-hybridized carbons (Fsp3) is 0.625. The predicted molar refractivity (Wildman–Crippen MR) is 86.6 cm³/mol. The van der Waals surface area contributed by atoms with Gasteiger partial charge in [0.1, 0.15) is 0 Å². The summed E-state index contributed by atoms with van der Waals surface area (Å²) in [5, 5.41) is 0. The summed E-state index contributed by atoms with van der Waals surface area (Å²) < 4.78 is 26.8. The van der Waals surface area contributed by atoms with Crippen molar-refractivity contribution in [1.82, 2.24) is 4.31 Å². The van der Waals surface area contributed by atoms with Gasteiger partial charge in [-0.3, -0.25) is 0 Å². The van der Waals surface area contributed by atoms with Crippen molar-refractivity contribution in [3.63, 3.8) is 0 Å². The number of benzene rings is 1. The highest BCUT2D eigenvalue weighted by Crippen LogP contribution is 2.25. The number of hydrogen-bond acceptors (Lipinski definition) is 3. The molecule has 1 aromatic rings. The summed E-state index contributed by atoms with van der Waals surface area (Å²) in [7, 11) is -1.52. The smallest absolute Gasteiger partial charge is 0.214 e. The van der Waals surface area contributed by atoms with Crippen LogP contribution >= 0.6 is 0 Å². The molecule has 0 aliphatic heterocycles. The van der Waals surface area contributed by atoms with Crippen LogP contribution in [0.1, 0.15) is 44.1 Å².